The van der Waals surface area contributed by atoms with Crippen LogP contribution in [0.4, 0.5) is 4.39 Å². The number of halogens is 2. The van der Waals surface area contributed by atoms with Gasteiger partial charge in [-0.15, -0.1) is 0 Å². The molecule has 0 bridgehead atoms. The predicted molar refractivity (Wildman–Crippen MR) is 104 cm³/mol. The fraction of sp³-hybridized carbons (Fsp3) is 0.619. The van der Waals surface area contributed by atoms with E-state index in [1.54, 1.807) is 0 Å². The summed E-state index contributed by atoms with van der Waals surface area (Å²) in [5, 5.41) is -0.0314. The van der Waals surface area contributed by atoms with Crippen molar-refractivity contribution in [3.63, 3.8) is 0 Å². The predicted octanol–water partition coefficient (Wildman–Crippen LogP) is 3.36. The van der Waals surface area contributed by atoms with Crippen LogP contribution in [0.5, 0.6) is 0 Å². The van der Waals surface area contributed by atoms with Crippen molar-refractivity contribution in [1.82, 2.24) is 9.80 Å². The van der Waals surface area contributed by atoms with Crippen molar-refractivity contribution >= 4 is 23.4 Å². The second-order valence-electron chi connectivity index (χ2n) is 8.26. The fourth-order valence-electron chi connectivity index (χ4n) is 4.86. The molecule has 28 heavy (non-hydrogen) atoms. The molecule has 0 N–H and O–H groups in total. The molecule has 1 saturated carbocycles. The van der Waals surface area contributed by atoms with Gasteiger partial charge in [-0.2, -0.15) is 0 Å². The number of carbonyl (C=O) groups is 2. The first-order chi connectivity index (χ1) is 13.5. The topological polar surface area (TPSA) is 49.9 Å². The van der Waals surface area contributed by atoms with Crippen LogP contribution < -0.4 is 0 Å². The summed E-state index contributed by atoms with van der Waals surface area (Å²) in [5.74, 6) is -0.0937. The lowest BCUT2D eigenvalue weighted by molar-refractivity contribution is -0.135. The highest BCUT2D eigenvalue weighted by molar-refractivity contribution is 6.31. The molecule has 1 atom stereocenters. The Hall–Kier alpha value is -1.66. The van der Waals surface area contributed by atoms with Crippen LogP contribution in [0.25, 0.3) is 0 Å². The molecule has 1 aromatic carbocycles. The number of carbonyl (C=O) groups excluding carboxylic acids is 2. The molecule has 2 heterocycles. The third-order valence-corrected chi connectivity index (χ3v) is 6.98. The number of likely N-dealkylation sites (tertiary alicyclic amines) is 1. The van der Waals surface area contributed by atoms with E-state index in [-0.39, 0.29) is 22.3 Å². The Kier molecular flexibility index (Phi) is 5.61. The molecule has 152 valence electrons. The van der Waals surface area contributed by atoms with Gasteiger partial charge in [-0.05, 0) is 48.8 Å². The van der Waals surface area contributed by atoms with E-state index in [2.05, 4.69) is 0 Å². The molecular formula is C21H26ClFN2O3. The van der Waals surface area contributed by atoms with E-state index in [9.17, 15) is 14.0 Å². The van der Waals surface area contributed by atoms with Gasteiger partial charge >= 0.3 is 0 Å². The SMILES string of the molecule is O=C(CCC1CN(C(=O)c2ccc(F)c(Cl)c2)CC12CCC2)N1CCOCC1. The first kappa shape index (κ1) is 19.6. The molecule has 0 aromatic heterocycles. The normalized spacial score (nSPS) is 23.7. The maximum absolute atomic E-state index is 13.4. The highest BCUT2D eigenvalue weighted by Gasteiger charge is 2.51. The molecule has 7 heteroatoms. The number of hydrogen-bond acceptors (Lipinski definition) is 3. The van der Waals surface area contributed by atoms with E-state index in [0.29, 0.717) is 50.8 Å². The van der Waals surface area contributed by atoms with E-state index in [1.165, 1.54) is 24.6 Å². The highest BCUT2D eigenvalue weighted by Crippen LogP contribution is 2.53. The number of rotatable bonds is 4. The fourth-order valence-corrected chi connectivity index (χ4v) is 5.04. The molecule has 1 aromatic rings. The van der Waals surface area contributed by atoms with Gasteiger partial charge < -0.3 is 14.5 Å². The summed E-state index contributed by atoms with van der Waals surface area (Å²) in [6.45, 7) is 3.94. The van der Waals surface area contributed by atoms with E-state index >= 15 is 0 Å². The molecule has 2 saturated heterocycles. The summed E-state index contributed by atoms with van der Waals surface area (Å²) >= 11 is 5.85. The van der Waals surface area contributed by atoms with Crippen molar-refractivity contribution in [3.05, 3.63) is 34.6 Å². The van der Waals surface area contributed by atoms with Crippen LogP contribution in [-0.4, -0.2) is 61.0 Å². The van der Waals surface area contributed by atoms with Crippen LogP contribution in [0.15, 0.2) is 18.2 Å². The minimum atomic E-state index is -0.519. The summed E-state index contributed by atoms with van der Waals surface area (Å²) in [7, 11) is 0. The van der Waals surface area contributed by atoms with Crippen molar-refractivity contribution in [2.75, 3.05) is 39.4 Å². The molecule has 4 rings (SSSR count). The lowest BCUT2D eigenvalue weighted by atomic mass is 9.62. The third-order valence-electron chi connectivity index (χ3n) is 6.69. The van der Waals surface area contributed by atoms with Gasteiger partial charge in [0, 0.05) is 38.2 Å². The molecule has 1 aliphatic carbocycles. The summed E-state index contributed by atoms with van der Waals surface area (Å²) in [6, 6.07) is 4.14. The van der Waals surface area contributed by atoms with Gasteiger partial charge in [0.05, 0.1) is 18.2 Å². The van der Waals surface area contributed by atoms with Gasteiger partial charge in [0.15, 0.2) is 0 Å². The minimum absolute atomic E-state index is 0.0314. The Bertz CT molecular complexity index is 762. The Balaban J connectivity index is 1.40. The van der Waals surface area contributed by atoms with Crippen molar-refractivity contribution < 1.29 is 18.7 Å². The Morgan fingerprint density at radius 1 is 1.21 bits per heavy atom. The van der Waals surface area contributed by atoms with Gasteiger partial charge in [-0.1, -0.05) is 18.0 Å². The maximum Gasteiger partial charge on any atom is 0.253 e. The summed E-state index contributed by atoms with van der Waals surface area (Å²) in [5.41, 5.74) is 0.566. The van der Waals surface area contributed by atoms with Crippen LogP contribution >= 0.6 is 11.6 Å². The van der Waals surface area contributed by atoms with Crippen molar-refractivity contribution in [2.45, 2.75) is 32.1 Å². The number of ether oxygens (including phenoxy) is 1. The van der Waals surface area contributed by atoms with Crippen molar-refractivity contribution in [1.29, 1.82) is 0 Å². The van der Waals surface area contributed by atoms with Gasteiger partial charge in [-0.3, -0.25) is 9.59 Å². The first-order valence-electron chi connectivity index (χ1n) is 10.1. The quantitative estimate of drug-likeness (QED) is 0.767. The van der Waals surface area contributed by atoms with Crippen LogP contribution in [-0.2, 0) is 9.53 Å². The van der Waals surface area contributed by atoms with E-state index in [4.69, 9.17) is 16.3 Å². The number of benzene rings is 1. The molecule has 2 amide bonds. The van der Waals surface area contributed by atoms with Crippen molar-refractivity contribution in [2.24, 2.45) is 11.3 Å². The lowest BCUT2D eigenvalue weighted by Gasteiger charge is -2.43. The standard InChI is InChI=1S/C21H26ClFN2O3/c22-17-12-15(2-4-18(17)23)20(27)25-13-16(21(14-25)6-1-7-21)3-5-19(26)24-8-10-28-11-9-24/h2,4,12,16H,1,3,5-11,13-14H2. The molecule has 1 unspecified atom stereocenters. The lowest BCUT2D eigenvalue weighted by Crippen LogP contribution is -2.42. The van der Waals surface area contributed by atoms with Crippen molar-refractivity contribution in [3.8, 4) is 0 Å². The monoisotopic (exact) mass is 408 g/mol. The van der Waals surface area contributed by atoms with Crippen LogP contribution in [0.2, 0.25) is 5.02 Å². The molecule has 3 aliphatic rings. The second-order valence-corrected chi connectivity index (χ2v) is 8.67. The number of morpholine rings is 1. The average Bonchev–Trinajstić information content (AvgIpc) is 3.08. The molecular weight excluding hydrogens is 383 g/mol. The highest BCUT2D eigenvalue weighted by atomic mass is 35.5. The first-order valence-corrected chi connectivity index (χ1v) is 10.5. The van der Waals surface area contributed by atoms with Gasteiger partial charge in [0.2, 0.25) is 5.91 Å². The average molecular weight is 409 g/mol. The van der Waals surface area contributed by atoms with Crippen LogP contribution in [0, 0.1) is 17.2 Å². The third kappa shape index (κ3) is 3.77. The molecule has 2 aliphatic heterocycles. The van der Waals surface area contributed by atoms with E-state index in [0.717, 1.165) is 25.8 Å². The zero-order valence-corrected chi connectivity index (χ0v) is 16.7. The Labute approximate surface area is 169 Å². The molecule has 3 fully saturated rings. The molecule has 0 radical (unpaired) electrons. The summed E-state index contributed by atoms with van der Waals surface area (Å²) in [4.78, 5) is 29.2. The summed E-state index contributed by atoms with van der Waals surface area (Å²) in [6.07, 6.45) is 4.73. The van der Waals surface area contributed by atoms with Crippen LogP contribution in [0.3, 0.4) is 0 Å². The van der Waals surface area contributed by atoms with Gasteiger partial charge in [0.1, 0.15) is 5.82 Å². The zero-order chi connectivity index (χ0) is 19.7. The molecule has 5 nitrogen and oxygen atoms in total. The Morgan fingerprint density at radius 3 is 2.61 bits per heavy atom. The number of hydrogen-bond donors (Lipinski definition) is 0. The van der Waals surface area contributed by atoms with Gasteiger partial charge in [0.25, 0.3) is 5.91 Å². The zero-order valence-electron chi connectivity index (χ0n) is 16.0. The smallest absolute Gasteiger partial charge is 0.253 e. The maximum atomic E-state index is 13.4. The summed E-state index contributed by atoms with van der Waals surface area (Å²) < 4.78 is 18.7. The largest absolute Gasteiger partial charge is 0.378 e. The number of nitrogens with zero attached hydrogens (tertiary/aromatic N) is 2. The Morgan fingerprint density at radius 2 is 1.96 bits per heavy atom. The second kappa shape index (κ2) is 7.99. The van der Waals surface area contributed by atoms with E-state index < -0.39 is 5.82 Å². The molecule has 1 spiro atoms. The van der Waals surface area contributed by atoms with Crippen LogP contribution in [0.1, 0.15) is 42.5 Å². The minimum Gasteiger partial charge on any atom is -0.378 e. The number of amides is 2. The van der Waals surface area contributed by atoms with E-state index in [1.807, 2.05) is 9.80 Å². The van der Waals surface area contributed by atoms with Gasteiger partial charge in [-0.25, -0.2) is 4.39 Å².